The lowest BCUT2D eigenvalue weighted by molar-refractivity contribution is -0.290. The van der Waals surface area contributed by atoms with Crippen molar-refractivity contribution in [2.45, 2.75) is 37.6 Å². The van der Waals surface area contributed by atoms with Crippen LogP contribution in [0.2, 0.25) is 0 Å². The van der Waals surface area contributed by atoms with E-state index in [9.17, 15) is 19.5 Å². The lowest BCUT2D eigenvalue weighted by Crippen LogP contribution is -2.63. The Morgan fingerprint density at radius 1 is 0.600 bits per heavy atom. The van der Waals surface area contributed by atoms with Crippen LogP contribution in [0, 0.1) is 6.92 Å². The van der Waals surface area contributed by atoms with E-state index in [4.69, 9.17) is 28.4 Å². The first-order valence-electron chi connectivity index (χ1n) is 17.4. The Labute approximate surface area is 318 Å². The van der Waals surface area contributed by atoms with Gasteiger partial charge in [0.15, 0.2) is 24.6 Å². The van der Waals surface area contributed by atoms with E-state index in [-0.39, 0.29) is 0 Å². The van der Waals surface area contributed by atoms with E-state index in [0.29, 0.717) is 33.9 Å². The first kappa shape index (κ1) is 38.3. The van der Waals surface area contributed by atoms with E-state index in [1.165, 1.54) is 14.2 Å². The second-order valence-corrected chi connectivity index (χ2v) is 12.4. The van der Waals surface area contributed by atoms with E-state index in [1.807, 2.05) is 84.9 Å². The van der Waals surface area contributed by atoms with Gasteiger partial charge in [0.2, 0.25) is 0 Å². The minimum Gasteiger partial charge on any atom is -0.495 e. The van der Waals surface area contributed by atoms with E-state index in [0.717, 1.165) is 16.7 Å². The van der Waals surface area contributed by atoms with Crippen LogP contribution in [0.3, 0.4) is 0 Å². The number of ether oxygens (including phenoxy) is 6. The molecule has 284 valence electrons. The summed E-state index contributed by atoms with van der Waals surface area (Å²) in [4.78, 5) is 41.1. The van der Waals surface area contributed by atoms with Gasteiger partial charge in [-0.1, -0.05) is 109 Å². The van der Waals surface area contributed by atoms with Crippen LogP contribution >= 0.6 is 0 Å². The van der Waals surface area contributed by atoms with Gasteiger partial charge in [-0.15, -0.1) is 0 Å². The summed E-state index contributed by atoms with van der Waals surface area (Å²) in [7, 11) is 2.75. The van der Waals surface area contributed by atoms with Crippen LogP contribution in [0.25, 0.3) is 22.3 Å². The molecule has 1 aliphatic rings. The fourth-order valence-corrected chi connectivity index (χ4v) is 6.29. The van der Waals surface area contributed by atoms with Crippen molar-refractivity contribution in [1.29, 1.82) is 0 Å². The molecule has 1 fully saturated rings. The van der Waals surface area contributed by atoms with Crippen molar-refractivity contribution in [3.63, 3.8) is 0 Å². The number of rotatable bonds is 11. The molecule has 6 rings (SSSR count). The number of carbonyl (C=O) groups is 3. The molecule has 0 radical (unpaired) electrons. The molecule has 4 N–H and O–H groups in total. The second-order valence-electron chi connectivity index (χ2n) is 12.4. The van der Waals surface area contributed by atoms with Gasteiger partial charge in [-0.3, -0.25) is 16.0 Å². The first-order chi connectivity index (χ1) is 26.8. The van der Waals surface area contributed by atoms with Crippen molar-refractivity contribution in [1.82, 2.24) is 0 Å². The highest BCUT2D eigenvalue weighted by Crippen LogP contribution is 2.34. The van der Waals surface area contributed by atoms with Gasteiger partial charge in [0.05, 0.1) is 30.8 Å². The molecule has 5 aromatic rings. The number of para-hydroxylation sites is 3. The zero-order valence-corrected chi connectivity index (χ0v) is 30.3. The number of aliphatic hydroxyl groups excluding tert-OH is 1. The second kappa shape index (κ2) is 18.1. The summed E-state index contributed by atoms with van der Waals surface area (Å²) < 4.78 is 34.7. The summed E-state index contributed by atoms with van der Waals surface area (Å²) in [5, 5.41) is 18.7. The Morgan fingerprint density at radius 3 is 1.62 bits per heavy atom. The lowest BCUT2D eigenvalue weighted by Gasteiger charge is -2.43. The molecule has 0 saturated carbocycles. The molecule has 0 bridgehead atoms. The number of hydrogen-bond donors (Lipinski definition) is 4. The quantitative estimate of drug-likeness (QED) is 0.0979. The van der Waals surface area contributed by atoms with Gasteiger partial charge in [0, 0.05) is 18.2 Å². The van der Waals surface area contributed by atoms with Gasteiger partial charge in [0.1, 0.15) is 11.9 Å². The van der Waals surface area contributed by atoms with Gasteiger partial charge in [-0.05, 0) is 41.8 Å². The summed E-state index contributed by atoms with van der Waals surface area (Å²) in [5.41, 5.74) is 4.97. The average Bonchev–Trinajstić information content (AvgIpc) is 3.21. The Bertz CT molecular complexity index is 2080. The van der Waals surface area contributed by atoms with Crippen molar-refractivity contribution < 1.29 is 47.9 Å². The molecule has 55 heavy (non-hydrogen) atoms. The molecule has 13 heteroatoms. The van der Waals surface area contributed by atoms with Crippen LogP contribution < -0.4 is 20.7 Å². The zero-order chi connectivity index (χ0) is 38.7. The molecular formula is C42H41N3O10. The Morgan fingerprint density at radius 2 is 1.09 bits per heavy atom. The summed E-state index contributed by atoms with van der Waals surface area (Å²) in [5.74, 6) is 0.368. The predicted molar refractivity (Wildman–Crippen MR) is 206 cm³/mol. The minimum absolute atomic E-state index is 0.332. The van der Waals surface area contributed by atoms with Gasteiger partial charge in [0.25, 0.3) is 0 Å². The monoisotopic (exact) mass is 747 g/mol. The minimum atomic E-state index is -1.57. The van der Waals surface area contributed by atoms with E-state index in [2.05, 4.69) is 16.0 Å². The Kier molecular flexibility index (Phi) is 12.6. The standard InChI is InChI=1S/C42H41N3O10/c1-26-15-14-24-33(50-2)35(26)45-42(49)53-36-34(25-46)52-39(51-3)38(55-41(48)44-32-23-13-11-21-30(32)28-18-8-5-9-19-28)37(36)54-40(47)43-31-22-12-10-20-29(31)27-16-6-4-7-17-27/h4-24,34,36-39,46H,25H2,1-3H3,(H,43,47)(H,44,48)(H,45,49)/t34-,36-,37+,38+,39+/m1/s1. The normalized spacial score (nSPS) is 19.0. The average molecular weight is 748 g/mol. The molecule has 5 atom stereocenters. The third kappa shape index (κ3) is 9.22. The molecule has 1 saturated heterocycles. The number of amides is 3. The third-order valence-electron chi connectivity index (χ3n) is 8.91. The number of methoxy groups -OCH3 is 2. The zero-order valence-electron chi connectivity index (χ0n) is 30.3. The highest BCUT2D eigenvalue weighted by atomic mass is 16.7. The predicted octanol–water partition coefficient (Wildman–Crippen LogP) is 7.85. The van der Waals surface area contributed by atoms with Crippen LogP contribution in [-0.2, 0) is 23.7 Å². The molecule has 0 spiro atoms. The van der Waals surface area contributed by atoms with E-state index < -0.39 is 55.6 Å². The van der Waals surface area contributed by atoms with Crippen molar-refractivity contribution in [2.75, 3.05) is 36.8 Å². The molecule has 0 aliphatic carbocycles. The van der Waals surface area contributed by atoms with E-state index >= 15 is 0 Å². The van der Waals surface area contributed by atoms with Gasteiger partial charge in [-0.25, -0.2) is 14.4 Å². The fraction of sp³-hybridized carbons (Fsp3) is 0.214. The first-order valence-corrected chi connectivity index (χ1v) is 17.4. The highest BCUT2D eigenvalue weighted by Gasteiger charge is 2.53. The van der Waals surface area contributed by atoms with Crippen molar-refractivity contribution in [3.8, 4) is 28.0 Å². The molecule has 0 aromatic heterocycles. The number of carbonyl (C=O) groups excluding carboxylic acids is 3. The number of benzene rings is 5. The Hall–Kier alpha value is -6.41. The molecule has 0 unspecified atom stereocenters. The number of aryl methyl sites for hydroxylation is 1. The number of aliphatic hydroxyl groups is 1. The number of hydrogen-bond acceptors (Lipinski definition) is 10. The van der Waals surface area contributed by atoms with Crippen LogP contribution in [0.4, 0.5) is 31.4 Å². The SMILES string of the molecule is COc1cccc(C)c1NC(=O)O[C@H]1[C@H](OC(=O)Nc2ccccc2-c2ccccc2)[C@H](OC(=O)Nc2ccccc2-c2ccccc2)[C@@H](OC)O[C@@H]1CO. The van der Waals surface area contributed by atoms with Gasteiger partial charge >= 0.3 is 18.3 Å². The molecule has 3 amide bonds. The summed E-state index contributed by atoms with van der Waals surface area (Å²) >= 11 is 0. The number of nitrogens with one attached hydrogen (secondary N) is 3. The third-order valence-corrected chi connectivity index (χ3v) is 8.91. The van der Waals surface area contributed by atoms with Crippen LogP contribution in [0.5, 0.6) is 5.75 Å². The fourth-order valence-electron chi connectivity index (χ4n) is 6.29. The summed E-state index contributed by atoms with van der Waals surface area (Å²) in [6.45, 7) is 1.08. The van der Waals surface area contributed by atoms with Crippen molar-refractivity contribution >= 4 is 35.3 Å². The highest BCUT2D eigenvalue weighted by molar-refractivity contribution is 5.93. The maximum Gasteiger partial charge on any atom is 0.412 e. The number of anilines is 3. The van der Waals surface area contributed by atoms with Crippen molar-refractivity contribution in [2.24, 2.45) is 0 Å². The lowest BCUT2D eigenvalue weighted by atomic mass is 9.98. The maximum atomic E-state index is 13.8. The smallest absolute Gasteiger partial charge is 0.412 e. The molecule has 1 heterocycles. The molecule has 13 nitrogen and oxygen atoms in total. The summed E-state index contributed by atoms with van der Waals surface area (Å²) in [6, 6.07) is 38.3. The topological polar surface area (TPSA) is 163 Å². The van der Waals surface area contributed by atoms with Crippen LogP contribution in [0.15, 0.2) is 127 Å². The maximum absolute atomic E-state index is 13.8. The largest absolute Gasteiger partial charge is 0.495 e. The molecule has 5 aromatic carbocycles. The van der Waals surface area contributed by atoms with Crippen LogP contribution in [-0.4, -0.2) is 74.9 Å². The Balaban J connectivity index is 1.31. The van der Waals surface area contributed by atoms with Gasteiger partial charge in [-0.2, -0.15) is 0 Å². The van der Waals surface area contributed by atoms with Crippen LogP contribution in [0.1, 0.15) is 5.56 Å². The molecule has 1 aliphatic heterocycles. The molecular weight excluding hydrogens is 706 g/mol. The summed E-state index contributed by atoms with van der Waals surface area (Å²) in [6.07, 6.45) is -10.2. The van der Waals surface area contributed by atoms with E-state index in [1.54, 1.807) is 49.4 Å². The van der Waals surface area contributed by atoms with Crippen molar-refractivity contribution in [3.05, 3.63) is 133 Å². The van der Waals surface area contributed by atoms with Gasteiger partial charge < -0.3 is 33.5 Å².